The molecule has 0 saturated heterocycles. The Kier molecular flexibility index (Phi) is 4.29. The lowest BCUT2D eigenvalue weighted by atomic mass is 10.0. The SMILES string of the molecule is O=C1CN=C(C2=CCN(CC(O)c3ccc4c(c3)OCO4)CC2)NN1. The first-order valence-electron chi connectivity index (χ1n) is 8.28. The molecule has 1 atom stereocenters. The molecule has 0 spiro atoms. The molecule has 3 aliphatic heterocycles. The van der Waals surface area contributed by atoms with E-state index in [2.05, 4.69) is 26.8 Å². The van der Waals surface area contributed by atoms with Crippen molar-refractivity contribution in [2.45, 2.75) is 12.5 Å². The van der Waals surface area contributed by atoms with Crippen LogP contribution in [0.5, 0.6) is 11.5 Å². The lowest BCUT2D eigenvalue weighted by Crippen LogP contribution is -2.48. The van der Waals surface area contributed by atoms with Gasteiger partial charge < -0.3 is 14.6 Å². The van der Waals surface area contributed by atoms with E-state index < -0.39 is 6.10 Å². The van der Waals surface area contributed by atoms with E-state index >= 15 is 0 Å². The van der Waals surface area contributed by atoms with E-state index in [9.17, 15) is 9.90 Å². The Morgan fingerprint density at radius 1 is 1.28 bits per heavy atom. The van der Waals surface area contributed by atoms with Crippen LogP contribution in [0.4, 0.5) is 0 Å². The number of amidine groups is 1. The molecule has 8 nitrogen and oxygen atoms in total. The Morgan fingerprint density at radius 2 is 2.16 bits per heavy atom. The van der Waals surface area contributed by atoms with Crippen LogP contribution in [0.3, 0.4) is 0 Å². The molecular formula is C17H20N4O4. The molecule has 0 aliphatic carbocycles. The summed E-state index contributed by atoms with van der Waals surface area (Å²) in [6, 6.07) is 5.53. The van der Waals surface area contributed by atoms with Gasteiger partial charge in [-0.25, -0.2) is 0 Å². The lowest BCUT2D eigenvalue weighted by molar-refractivity contribution is -0.120. The Hall–Kier alpha value is -2.58. The first-order valence-corrected chi connectivity index (χ1v) is 8.28. The minimum absolute atomic E-state index is 0.131. The highest BCUT2D eigenvalue weighted by atomic mass is 16.7. The zero-order valence-electron chi connectivity index (χ0n) is 13.7. The van der Waals surface area contributed by atoms with E-state index in [1.54, 1.807) is 0 Å². The number of nitrogens with one attached hydrogen (secondary N) is 2. The molecule has 1 unspecified atom stereocenters. The molecular weight excluding hydrogens is 324 g/mol. The van der Waals surface area contributed by atoms with Gasteiger partial charge in [-0.3, -0.25) is 25.5 Å². The number of fused-ring (bicyclic) bond motifs is 1. The van der Waals surface area contributed by atoms with Crippen LogP contribution in [0, 0.1) is 0 Å². The van der Waals surface area contributed by atoms with Crippen molar-refractivity contribution < 1.29 is 19.4 Å². The maximum atomic E-state index is 11.1. The van der Waals surface area contributed by atoms with Crippen LogP contribution in [0.15, 0.2) is 34.8 Å². The van der Waals surface area contributed by atoms with Gasteiger partial charge in [-0.05, 0) is 29.7 Å². The van der Waals surface area contributed by atoms with Crippen LogP contribution >= 0.6 is 0 Å². The van der Waals surface area contributed by atoms with Gasteiger partial charge in [0.15, 0.2) is 11.5 Å². The second-order valence-corrected chi connectivity index (χ2v) is 6.21. The number of benzene rings is 1. The van der Waals surface area contributed by atoms with E-state index in [1.807, 2.05) is 18.2 Å². The molecule has 3 N–H and O–H groups in total. The Labute approximate surface area is 145 Å². The minimum Gasteiger partial charge on any atom is -0.454 e. The van der Waals surface area contributed by atoms with Gasteiger partial charge in [-0.2, -0.15) is 0 Å². The summed E-state index contributed by atoms with van der Waals surface area (Å²) in [5.74, 6) is 2.00. The molecule has 0 fully saturated rings. The highest BCUT2D eigenvalue weighted by Crippen LogP contribution is 2.34. The zero-order chi connectivity index (χ0) is 17.2. The number of aliphatic hydroxyl groups excluding tert-OH is 1. The zero-order valence-corrected chi connectivity index (χ0v) is 13.7. The van der Waals surface area contributed by atoms with Crippen LogP contribution in [-0.4, -0.2) is 54.7 Å². The average molecular weight is 344 g/mol. The summed E-state index contributed by atoms with van der Waals surface area (Å²) in [5, 5.41) is 10.5. The number of hydrogen-bond acceptors (Lipinski definition) is 7. The number of ether oxygens (including phenoxy) is 2. The summed E-state index contributed by atoms with van der Waals surface area (Å²) in [6.45, 7) is 2.48. The number of hydrogen-bond donors (Lipinski definition) is 3. The number of rotatable bonds is 4. The van der Waals surface area contributed by atoms with Crippen LogP contribution in [0.1, 0.15) is 18.1 Å². The van der Waals surface area contributed by atoms with Crippen molar-refractivity contribution in [2.75, 3.05) is 33.0 Å². The summed E-state index contributed by atoms with van der Waals surface area (Å²) in [7, 11) is 0. The molecule has 0 aromatic heterocycles. The average Bonchev–Trinajstić information content (AvgIpc) is 3.11. The maximum Gasteiger partial charge on any atom is 0.260 e. The minimum atomic E-state index is -0.589. The second-order valence-electron chi connectivity index (χ2n) is 6.21. The summed E-state index contributed by atoms with van der Waals surface area (Å²) in [4.78, 5) is 17.5. The fourth-order valence-electron chi connectivity index (χ4n) is 3.10. The Bertz CT molecular complexity index is 746. The van der Waals surface area contributed by atoms with E-state index in [4.69, 9.17) is 9.47 Å². The highest BCUT2D eigenvalue weighted by Gasteiger charge is 2.22. The van der Waals surface area contributed by atoms with Crippen molar-refractivity contribution in [3.8, 4) is 11.5 Å². The van der Waals surface area contributed by atoms with E-state index in [-0.39, 0.29) is 19.2 Å². The van der Waals surface area contributed by atoms with Gasteiger partial charge in [0, 0.05) is 19.6 Å². The van der Waals surface area contributed by atoms with Crippen LogP contribution < -0.4 is 20.3 Å². The van der Waals surface area contributed by atoms with E-state index in [1.165, 1.54) is 0 Å². The van der Waals surface area contributed by atoms with Crippen LogP contribution in [0.25, 0.3) is 0 Å². The predicted octanol–water partition coefficient (Wildman–Crippen LogP) is 0.114. The number of aliphatic imine (C=N–C) groups is 1. The van der Waals surface area contributed by atoms with Crippen LogP contribution in [-0.2, 0) is 4.79 Å². The Morgan fingerprint density at radius 3 is 2.92 bits per heavy atom. The van der Waals surface area contributed by atoms with E-state index in [0.717, 1.165) is 36.5 Å². The largest absolute Gasteiger partial charge is 0.454 e. The monoisotopic (exact) mass is 344 g/mol. The number of nitrogens with zero attached hydrogens (tertiary/aromatic N) is 2. The van der Waals surface area contributed by atoms with Gasteiger partial charge >= 0.3 is 0 Å². The van der Waals surface area contributed by atoms with Gasteiger partial charge in [0.05, 0.1) is 6.10 Å². The normalized spacial score (nSPS) is 21.1. The molecule has 0 saturated carbocycles. The molecule has 0 radical (unpaired) electrons. The lowest BCUT2D eigenvalue weighted by Gasteiger charge is -2.29. The third-order valence-corrected chi connectivity index (χ3v) is 4.51. The quantitative estimate of drug-likeness (QED) is 0.718. The Balaban J connectivity index is 1.36. The third-order valence-electron chi connectivity index (χ3n) is 4.51. The number of carbonyl (C=O) groups excluding carboxylic acids is 1. The molecule has 1 aromatic rings. The topological polar surface area (TPSA) is 95.4 Å². The van der Waals surface area contributed by atoms with Gasteiger partial charge in [0.25, 0.3) is 5.91 Å². The van der Waals surface area contributed by atoms with Gasteiger partial charge in [0.2, 0.25) is 6.79 Å². The maximum absolute atomic E-state index is 11.1. The van der Waals surface area contributed by atoms with Crippen molar-refractivity contribution in [2.24, 2.45) is 4.99 Å². The van der Waals surface area contributed by atoms with Gasteiger partial charge in [-0.15, -0.1) is 0 Å². The molecule has 132 valence electrons. The smallest absolute Gasteiger partial charge is 0.260 e. The van der Waals surface area contributed by atoms with Crippen LogP contribution in [0.2, 0.25) is 0 Å². The highest BCUT2D eigenvalue weighted by molar-refractivity contribution is 6.02. The van der Waals surface area contributed by atoms with Crippen molar-refractivity contribution in [1.82, 2.24) is 15.8 Å². The van der Waals surface area contributed by atoms with E-state index in [0.29, 0.717) is 18.0 Å². The predicted molar refractivity (Wildman–Crippen MR) is 90.2 cm³/mol. The van der Waals surface area contributed by atoms with Gasteiger partial charge in [-0.1, -0.05) is 12.1 Å². The van der Waals surface area contributed by atoms with Crippen molar-refractivity contribution in [3.05, 3.63) is 35.4 Å². The number of β-amino-alcohol motifs (C(OH)–C–C–N with tert-alkyl or cyclic N) is 1. The molecule has 25 heavy (non-hydrogen) atoms. The second kappa shape index (κ2) is 6.73. The summed E-state index contributed by atoms with van der Waals surface area (Å²) >= 11 is 0. The first kappa shape index (κ1) is 15.9. The standard InChI is InChI=1S/C17H20N4O4/c22-13(12-1-2-14-15(7-12)25-10-24-14)9-21-5-3-11(4-6-21)17-18-8-16(23)19-20-17/h1-3,7,13,22H,4-6,8-10H2,(H,18,20)(H,19,23). The molecule has 0 bridgehead atoms. The number of aliphatic hydroxyl groups is 1. The fraction of sp³-hybridized carbons (Fsp3) is 0.412. The van der Waals surface area contributed by atoms with Crippen molar-refractivity contribution in [1.29, 1.82) is 0 Å². The molecule has 1 aromatic carbocycles. The van der Waals surface area contributed by atoms with Crippen molar-refractivity contribution >= 4 is 11.7 Å². The molecule has 8 heteroatoms. The summed E-state index contributed by atoms with van der Waals surface area (Å²) < 4.78 is 10.7. The molecule has 4 rings (SSSR count). The third kappa shape index (κ3) is 3.45. The number of hydrazine groups is 1. The van der Waals surface area contributed by atoms with Crippen molar-refractivity contribution in [3.63, 3.8) is 0 Å². The first-order chi connectivity index (χ1) is 12.2. The summed E-state index contributed by atoms with van der Waals surface area (Å²) in [5.41, 5.74) is 7.32. The van der Waals surface area contributed by atoms with Gasteiger partial charge in [0.1, 0.15) is 12.4 Å². The molecule has 3 aliphatic rings. The molecule has 3 heterocycles. The number of amides is 1. The molecule has 1 amide bonds. The number of carbonyl (C=O) groups is 1. The fourth-order valence-corrected chi connectivity index (χ4v) is 3.10. The summed E-state index contributed by atoms with van der Waals surface area (Å²) in [6.07, 6.45) is 2.31.